The van der Waals surface area contributed by atoms with Crippen molar-refractivity contribution in [1.82, 2.24) is 10.2 Å². The molecule has 0 unspecified atom stereocenters. The van der Waals surface area contributed by atoms with E-state index in [1.807, 2.05) is 6.07 Å². The zero-order chi connectivity index (χ0) is 19.9. The highest BCUT2D eigenvalue weighted by Gasteiger charge is 2.26. The van der Waals surface area contributed by atoms with Crippen molar-refractivity contribution >= 4 is 11.6 Å². The third kappa shape index (κ3) is 6.23. The number of nitrogens with zero attached hydrogens (tertiary/aromatic N) is 3. The standard InChI is InChI=1S/C24H33N5/c25-24(26-13-12-20-4-2-1-3-5-20)27-18-21-8-10-23(11-9-21)29-16-14-28(15-17-29)19-22-6-7-22/h1-5,8-11,22H,6-7,12-19H2,(H3,25,26,27). The SMILES string of the molecule is NC(=NCc1ccc(N2CCN(CC3CC3)CC2)cc1)NCCc1ccccc1. The van der Waals surface area contributed by atoms with E-state index in [-0.39, 0.29) is 0 Å². The van der Waals surface area contributed by atoms with Gasteiger partial charge in [0.1, 0.15) is 0 Å². The van der Waals surface area contributed by atoms with Gasteiger partial charge >= 0.3 is 0 Å². The Labute approximate surface area is 174 Å². The van der Waals surface area contributed by atoms with Crippen LogP contribution in [0.15, 0.2) is 59.6 Å². The van der Waals surface area contributed by atoms with Gasteiger partial charge in [-0.3, -0.25) is 4.90 Å². The molecule has 0 bridgehead atoms. The van der Waals surface area contributed by atoms with Crippen LogP contribution in [0.3, 0.4) is 0 Å². The summed E-state index contributed by atoms with van der Waals surface area (Å²) in [7, 11) is 0. The highest BCUT2D eigenvalue weighted by atomic mass is 15.3. The lowest BCUT2D eigenvalue weighted by atomic mass is 10.1. The Morgan fingerprint density at radius 1 is 0.931 bits per heavy atom. The largest absolute Gasteiger partial charge is 0.370 e. The third-order valence-corrected chi connectivity index (χ3v) is 5.88. The maximum atomic E-state index is 6.01. The molecule has 0 aromatic heterocycles. The smallest absolute Gasteiger partial charge is 0.188 e. The molecule has 0 atom stereocenters. The van der Waals surface area contributed by atoms with Crippen LogP contribution >= 0.6 is 0 Å². The first-order valence-corrected chi connectivity index (χ1v) is 10.9. The van der Waals surface area contributed by atoms with Crippen LogP contribution in [0.1, 0.15) is 24.0 Å². The molecule has 1 saturated heterocycles. The minimum atomic E-state index is 0.511. The summed E-state index contributed by atoms with van der Waals surface area (Å²) >= 11 is 0. The molecule has 4 rings (SSSR count). The predicted molar refractivity (Wildman–Crippen MR) is 121 cm³/mol. The first kappa shape index (κ1) is 19.8. The Morgan fingerprint density at radius 3 is 2.34 bits per heavy atom. The van der Waals surface area contributed by atoms with Crippen LogP contribution in [0.25, 0.3) is 0 Å². The fourth-order valence-corrected chi connectivity index (χ4v) is 3.88. The Hall–Kier alpha value is -2.53. The Morgan fingerprint density at radius 2 is 1.66 bits per heavy atom. The topological polar surface area (TPSA) is 56.9 Å². The maximum absolute atomic E-state index is 6.01. The number of nitrogens with two attached hydrogens (primary N) is 1. The number of anilines is 1. The highest BCUT2D eigenvalue weighted by Crippen LogP contribution is 2.30. The number of nitrogens with one attached hydrogen (secondary N) is 1. The minimum Gasteiger partial charge on any atom is -0.370 e. The van der Waals surface area contributed by atoms with E-state index in [0.29, 0.717) is 12.5 Å². The van der Waals surface area contributed by atoms with Crippen LogP contribution in [0.2, 0.25) is 0 Å². The molecule has 1 aliphatic carbocycles. The molecular weight excluding hydrogens is 358 g/mol. The number of hydrogen-bond donors (Lipinski definition) is 2. The van der Waals surface area contributed by atoms with Gasteiger partial charge in [0.25, 0.3) is 0 Å². The first-order valence-electron chi connectivity index (χ1n) is 10.9. The van der Waals surface area contributed by atoms with E-state index in [0.717, 1.165) is 32.0 Å². The number of benzene rings is 2. The molecule has 1 aliphatic heterocycles. The monoisotopic (exact) mass is 391 g/mol. The molecule has 2 aromatic rings. The van der Waals surface area contributed by atoms with Crippen LogP contribution in [0.4, 0.5) is 5.69 Å². The van der Waals surface area contributed by atoms with Crippen LogP contribution in [0.5, 0.6) is 0 Å². The van der Waals surface area contributed by atoms with Gasteiger partial charge in [-0.15, -0.1) is 0 Å². The summed E-state index contributed by atoms with van der Waals surface area (Å²) in [6.45, 7) is 7.35. The third-order valence-electron chi connectivity index (χ3n) is 5.88. The summed E-state index contributed by atoms with van der Waals surface area (Å²) in [6, 6.07) is 19.2. The first-order chi connectivity index (χ1) is 14.3. The van der Waals surface area contributed by atoms with E-state index in [1.165, 1.54) is 49.3 Å². The van der Waals surface area contributed by atoms with Crippen molar-refractivity contribution in [2.45, 2.75) is 25.8 Å². The van der Waals surface area contributed by atoms with Crippen molar-refractivity contribution in [3.63, 3.8) is 0 Å². The van der Waals surface area contributed by atoms with Gasteiger partial charge in [-0.1, -0.05) is 42.5 Å². The van der Waals surface area contributed by atoms with Gasteiger partial charge in [-0.2, -0.15) is 0 Å². The van der Waals surface area contributed by atoms with Crippen LogP contribution in [-0.2, 0) is 13.0 Å². The molecule has 2 fully saturated rings. The van der Waals surface area contributed by atoms with E-state index in [1.54, 1.807) is 0 Å². The van der Waals surface area contributed by atoms with Crippen molar-refractivity contribution in [2.24, 2.45) is 16.6 Å². The summed E-state index contributed by atoms with van der Waals surface area (Å²) in [6.07, 6.45) is 3.83. The number of piperazine rings is 1. The number of aliphatic imine (C=N–C) groups is 1. The molecule has 2 aliphatic rings. The van der Waals surface area contributed by atoms with Crippen molar-refractivity contribution in [3.05, 3.63) is 65.7 Å². The summed E-state index contributed by atoms with van der Waals surface area (Å²) in [5.41, 5.74) is 9.82. The summed E-state index contributed by atoms with van der Waals surface area (Å²) in [5.74, 6) is 1.50. The zero-order valence-electron chi connectivity index (χ0n) is 17.3. The van der Waals surface area contributed by atoms with Gasteiger partial charge in [0.05, 0.1) is 6.54 Å². The van der Waals surface area contributed by atoms with Crippen LogP contribution < -0.4 is 16.0 Å². The van der Waals surface area contributed by atoms with E-state index < -0.39 is 0 Å². The second-order valence-corrected chi connectivity index (χ2v) is 8.26. The maximum Gasteiger partial charge on any atom is 0.188 e. The highest BCUT2D eigenvalue weighted by molar-refractivity contribution is 5.77. The Balaban J connectivity index is 1.19. The molecule has 0 radical (unpaired) electrons. The average molecular weight is 392 g/mol. The summed E-state index contributed by atoms with van der Waals surface area (Å²) < 4.78 is 0. The number of rotatable bonds is 8. The predicted octanol–water partition coefficient (Wildman–Crippen LogP) is 2.87. The van der Waals surface area contributed by atoms with E-state index in [4.69, 9.17) is 5.73 Å². The molecule has 0 spiro atoms. The Kier molecular flexibility index (Phi) is 6.67. The van der Waals surface area contributed by atoms with Crippen LogP contribution in [0, 0.1) is 5.92 Å². The van der Waals surface area contributed by atoms with Crippen molar-refractivity contribution in [2.75, 3.05) is 44.2 Å². The van der Waals surface area contributed by atoms with Gasteiger partial charge in [0.2, 0.25) is 0 Å². The van der Waals surface area contributed by atoms with Crippen LogP contribution in [-0.4, -0.2) is 50.1 Å². The molecule has 2 aromatic carbocycles. The lowest BCUT2D eigenvalue weighted by molar-refractivity contribution is 0.248. The van der Waals surface area contributed by atoms with Gasteiger partial charge < -0.3 is 16.0 Å². The van der Waals surface area contributed by atoms with Gasteiger partial charge in [0, 0.05) is 45.0 Å². The second kappa shape index (κ2) is 9.79. The molecule has 5 heteroatoms. The fourth-order valence-electron chi connectivity index (χ4n) is 3.88. The number of guanidine groups is 1. The summed E-state index contributed by atoms with van der Waals surface area (Å²) in [4.78, 5) is 9.60. The van der Waals surface area contributed by atoms with Gasteiger partial charge in [0.15, 0.2) is 5.96 Å². The molecule has 5 nitrogen and oxygen atoms in total. The lowest BCUT2D eigenvalue weighted by Crippen LogP contribution is -2.47. The fraction of sp³-hybridized carbons (Fsp3) is 0.458. The number of hydrogen-bond acceptors (Lipinski definition) is 3. The van der Waals surface area contributed by atoms with Crippen molar-refractivity contribution in [1.29, 1.82) is 0 Å². The molecular formula is C24H33N5. The van der Waals surface area contributed by atoms with E-state index in [9.17, 15) is 0 Å². The molecule has 3 N–H and O–H groups in total. The normalized spacial score (nSPS) is 18.1. The van der Waals surface area contributed by atoms with Gasteiger partial charge in [-0.25, -0.2) is 4.99 Å². The van der Waals surface area contributed by atoms with Crippen molar-refractivity contribution in [3.8, 4) is 0 Å². The molecule has 1 heterocycles. The molecule has 29 heavy (non-hydrogen) atoms. The van der Waals surface area contributed by atoms with Crippen molar-refractivity contribution < 1.29 is 0 Å². The average Bonchev–Trinajstić information content (AvgIpc) is 3.58. The van der Waals surface area contributed by atoms with Gasteiger partial charge in [-0.05, 0) is 48.4 Å². The molecule has 1 saturated carbocycles. The zero-order valence-corrected chi connectivity index (χ0v) is 17.3. The lowest BCUT2D eigenvalue weighted by Gasteiger charge is -2.36. The Bertz CT molecular complexity index is 775. The van der Waals surface area contributed by atoms with E-state index >= 15 is 0 Å². The molecule has 0 amide bonds. The summed E-state index contributed by atoms with van der Waals surface area (Å²) in [5, 5.41) is 3.20. The quantitative estimate of drug-likeness (QED) is 0.537. The minimum absolute atomic E-state index is 0.511. The molecule has 154 valence electrons. The van der Waals surface area contributed by atoms with E-state index in [2.05, 4.69) is 68.6 Å². The second-order valence-electron chi connectivity index (χ2n) is 8.26.